The Bertz CT molecular complexity index is 962. The van der Waals surface area contributed by atoms with Gasteiger partial charge in [-0.3, -0.25) is 9.59 Å². The number of ether oxygens (including phenoxy) is 3. The van der Waals surface area contributed by atoms with Crippen molar-refractivity contribution in [1.29, 1.82) is 0 Å². The first kappa shape index (κ1) is 56.1. The summed E-state index contributed by atoms with van der Waals surface area (Å²) in [6.45, 7) is 4.68. The standard InChI is InChI=1S/C50H95NO7/c1-6-8-10-12-14-16-18-19-20-21-22-23-24-25-26-27-28-29-31-33-35-37-39-41-49(53)58-46(44-56-43-42-47(50(54)55)51(3,4)5)45-57-48(52)40-38-36-34-32-30-17-15-13-11-9-7-2/h25-26,46-47H,6-24,27-45H2,1-5H3/b26-25+. The van der Waals surface area contributed by atoms with E-state index in [1.54, 1.807) is 21.1 Å². The number of nitrogens with zero attached hydrogens (tertiary/aromatic N) is 1. The number of esters is 2. The van der Waals surface area contributed by atoms with Crippen LogP contribution < -0.4 is 5.11 Å². The van der Waals surface area contributed by atoms with Gasteiger partial charge in [-0.05, 0) is 38.5 Å². The molecule has 2 atom stereocenters. The van der Waals surface area contributed by atoms with Gasteiger partial charge in [0.25, 0.3) is 0 Å². The highest BCUT2D eigenvalue weighted by molar-refractivity contribution is 5.70. The minimum atomic E-state index is -1.12. The predicted octanol–water partition coefficient (Wildman–Crippen LogP) is 12.5. The molecule has 0 rings (SSSR count). The lowest BCUT2D eigenvalue weighted by Crippen LogP contribution is -2.55. The van der Waals surface area contributed by atoms with Crippen LogP contribution in [0.4, 0.5) is 0 Å². The van der Waals surface area contributed by atoms with E-state index in [0.29, 0.717) is 12.8 Å². The van der Waals surface area contributed by atoms with Gasteiger partial charge in [0, 0.05) is 19.3 Å². The normalized spacial score (nSPS) is 12.9. The van der Waals surface area contributed by atoms with Gasteiger partial charge in [0.1, 0.15) is 12.6 Å². The molecule has 2 unspecified atom stereocenters. The van der Waals surface area contributed by atoms with Crippen LogP contribution in [0.2, 0.25) is 0 Å². The lowest BCUT2D eigenvalue weighted by molar-refractivity contribution is -0.889. The van der Waals surface area contributed by atoms with Crippen molar-refractivity contribution >= 4 is 17.9 Å². The monoisotopic (exact) mass is 822 g/mol. The second kappa shape index (κ2) is 41.8. The molecule has 8 nitrogen and oxygen atoms in total. The van der Waals surface area contributed by atoms with Crippen LogP contribution in [0.15, 0.2) is 12.2 Å². The first-order valence-electron chi connectivity index (χ1n) is 24.7. The number of carbonyl (C=O) groups excluding carboxylic acids is 3. The highest BCUT2D eigenvalue weighted by Gasteiger charge is 2.25. The first-order valence-corrected chi connectivity index (χ1v) is 24.7. The van der Waals surface area contributed by atoms with Gasteiger partial charge in [-0.25, -0.2) is 0 Å². The average Bonchev–Trinajstić information content (AvgIpc) is 3.18. The summed E-state index contributed by atoms with van der Waals surface area (Å²) in [5.41, 5.74) is 0. The van der Waals surface area contributed by atoms with Gasteiger partial charge in [-0.2, -0.15) is 0 Å². The fraction of sp³-hybridized carbons (Fsp3) is 0.900. The van der Waals surface area contributed by atoms with Gasteiger partial charge in [0.05, 0.1) is 40.3 Å². The van der Waals surface area contributed by atoms with Crippen molar-refractivity contribution in [3.05, 3.63) is 12.2 Å². The molecule has 8 heteroatoms. The molecule has 0 aromatic carbocycles. The van der Waals surface area contributed by atoms with Crippen molar-refractivity contribution in [2.24, 2.45) is 0 Å². The van der Waals surface area contributed by atoms with E-state index in [0.717, 1.165) is 38.5 Å². The molecule has 0 fully saturated rings. The molecule has 0 heterocycles. The predicted molar refractivity (Wildman–Crippen MR) is 241 cm³/mol. The van der Waals surface area contributed by atoms with Crippen LogP contribution in [0.1, 0.15) is 239 Å². The fourth-order valence-corrected chi connectivity index (χ4v) is 7.54. The van der Waals surface area contributed by atoms with E-state index in [-0.39, 0.29) is 42.7 Å². The van der Waals surface area contributed by atoms with E-state index in [9.17, 15) is 19.5 Å². The molecule has 0 aliphatic carbocycles. The molecule has 58 heavy (non-hydrogen) atoms. The Morgan fingerprint density at radius 3 is 1.24 bits per heavy atom. The van der Waals surface area contributed by atoms with Crippen LogP contribution in [0.25, 0.3) is 0 Å². The third-order valence-corrected chi connectivity index (χ3v) is 11.4. The summed E-state index contributed by atoms with van der Waals surface area (Å²) < 4.78 is 17.2. The molecule has 0 amide bonds. The van der Waals surface area contributed by atoms with E-state index < -0.39 is 18.1 Å². The van der Waals surface area contributed by atoms with Gasteiger partial charge in [-0.1, -0.05) is 193 Å². The van der Waals surface area contributed by atoms with E-state index >= 15 is 0 Å². The highest BCUT2D eigenvalue weighted by atomic mass is 16.6. The molecule has 0 spiro atoms. The summed E-state index contributed by atoms with van der Waals surface area (Å²) in [5.74, 6) is -1.72. The summed E-state index contributed by atoms with van der Waals surface area (Å²) in [6.07, 6.45) is 45.3. The number of carboxylic acids is 1. The van der Waals surface area contributed by atoms with Gasteiger partial charge in [0.2, 0.25) is 0 Å². The van der Waals surface area contributed by atoms with E-state index in [4.69, 9.17) is 14.2 Å². The summed E-state index contributed by atoms with van der Waals surface area (Å²) in [7, 11) is 5.42. The van der Waals surface area contributed by atoms with Crippen molar-refractivity contribution in [1.82, 2.24) is 0 Å². The molecule has 0 aliphatic heterocycles. The molecule has 0 radical (unpaired) electrons. The zero-order chi connectivity index (χ0) is 42.8. The quantitative estimate of drug-likeness (QED) is 0.0261. The molecule has 0 bridgehead atoms. The largest absolute Gasteiger partial charge is 0.544 e. The van der Waals surface area contributed by atoms with E-state index in [1.807, 2.05) is 0 Å². The molecule has 0 aromatic heterocycles. The summed E-state index contributed by atoms with van der Waals surface area (Å²) in [4.78, 5) is 36.9. The molecule has 0 saturated carbocycles. The average molecular weight is 822 g/mol. The van der Waals surface area contributed by atoms with Crippen LogP contribution >= 0.6 is 0 Å². The zero-order valence-electron chi connectivity index (χ0n) is 39.0. The fourth-order valence-electron chi connectivity index (χ4n) is 7.54. The minimum Gasteiger partial charge on any atom is -0.544 e. The van der Waals surface area contributed by atoms with E-state index in [1.165, 1.54) is 167 Å². The summed E-state index contributed by atoms with van der Waals surface area (Å²) >= 11 is 0. The van der Waals surface area contributed by atoms with Gasteiger partial charge in [-0.15, -0.1) is 0 Å². The Morgan fingerprint density at radius 1 is 0.500 bits per heavy atom. The Kier molecular flexibility index (Phi) is 40.4. The lowest BCUT2D eigenvalue weighted by atomic mass is 10.0. The molecule has 0 aromatic rings. The molecule has 0 N–H and O–H groups in total. The van der Waals surface area contributed by atoms with Crippen molar-refractivity contribution in [2.45, 2.75) is 251 Å². The number of hydrogen-bond acceptors (Lipinski definition) is 7. The van der Waals surface area contributed by atoms with E-state index in [2.05, 4.69) is 26.0 Å². The Balaban J connectivity index is 4.17. The minimum absolute atomic E-state index is 0.0446. The smallest absolute Gasteiger partial charge is 0.306 e. The summed E-state index contributed by atoms with van der Waals surface area (Å²) in [6, 6.07) is -0.722. The third-order valence-electron chi connectivity index (χ3n) is 11.4. The molecule has 0 aliphatic rings. The maximum Gasteiger partial charge on any atom is 0.306 e. The van der Waals surface area contributed by atoms with Gasteiger partial charge in [0.15, 0.2) is 6.10 Å². The second-order valence-electron chi connectivity index (χ2n) is 18.1. The number of hydrogen-bond donors (Lipinski definition) is 0. The Morgan fingerprint density at radius 2 is 0.862 bits per heavy atom. The number of quaternary nitrogens is 1. The lowest BCUT2D eigenvalue weighted by Gasteiger charge is -2.34. The SMILES string of the molecule is CCCCCCCCCCCCCC/C=C/CCCCCCCCCC(=O)OC(COCCC(C(=O)[O-])[N+](C)(C)C)COC(=O)CCCCCCCCCCCCC. The Hall–Kier alpha value is -1.93. The molecular weight excluding hydrogens is 727 g/mol. The topological polar surface area (TPSA) is 102 Å². The highest BCUT2D eigenvalue weighted by Crippen LogP contribution is 2.16. The number of allylic oxidation sites excluding steroid dienone is 2. The number of rotatable bonds is 45. The van der Waals surface area contributed by atoms with Gasteiger partial charge >= 0.3 is 11.9 Å². The molecular formula is C50H95NO7. The number of aliphatic carboxylic acids is 1. The summed E-state index contributed by atoms with van der Waals surface area (Å²) in [5, 5.41) is 11.6. The maximum atomic E-state index is 12.7. The molecule has 0 saturated heterocycles. The van der Waals surface area contributed by atoms with Crippen LogP contribution in [0.3, 0.4) is 0 Å². The number of unbranched alkanes of at least 4 members (excludes halogenated alkanes) is 29. The van der Waals surface area contributed by atoms with Crippen molar-refractivity contribution in [2.75, 3.05) is 41.0 Å². The van der Waals surface area contributed by atoms with Crippen LogP contribution in [-0.2, 0) is 28.6 Å². The van der Waals surface area contributed by atoms with Crippen LogP contribution in [0, 0.1) is 0 Å². The number of carbonyl (C=O) groups is 3. The third kappa shape index (κ3) is 39.5. The zero-order valence-corrected chi connectivity index (χ0v) is 39.0. The van der Waals surface area contributed by atoms with Crippen molar-refractivity contribution < 1.29 is 38.2 Å². The molecule has 342 valence electrons. The van der Waals surface area contributed by atoms with Crippen molar-refractivity contribution in [3.63, 3.8) is 0 Å². The Labute approximate surface area is 359 Å². The second-order valence-corrected chi connectivity index (χ2v) is 18.1. The van der Waals surface area contributed by atoms with Crippen molar-refractivity contribution in [3.8, 4) is 0 Å². The van der Waals surface area contributed by atoms with Gasteiger partial charge < -0.3 is 28.6 Å². The number of likely N-dealkylation sites (N-methyl/N-ethyl adjacent to an activating group) is 1. The number of carboxylic acid groups (broad SMARTS) is 1. The van der Waals surface area contributed by atoms with Crippen LogP contribution in [0.5, 0.6) is 0 Å². The first-order chi connectivity index (χ1) is 28.1. The van der Waals surface area contributed by atoms with Crippen LogP contribution in [-0.4, -0.2) is 75.5 Å². The maximum absolute atomic E-state index is 12.7.